The lowest BCUT2D eigenvalue weighted by atomic mass is 10.1. The number of para-hydroxylation sites is 1. The molecule has 0 bridgehead atoms. The molecule has 1 amide bonds. The molecule has 0 radical (unpaired) electrons. The van der Waals surface area contributed by atoms with Gasteiger partial charge in [0.2, 0.25) is 0 Å². The van der Waals surface area contributed by atoms with Crippen LogP contribution < -0.4 is 10.2 Å². The highest BCUT2D eigenvalue weighted by Crippen LogP contribution is 2.22. The predicted octanol–water partition coefficient (Wildman–Crippen LogP) is 3.72. The molecule has 0 atom stereocenters. The number of fused-ring (bicyclic) bond motifs is 1. The van der Waals surface area contributed by atoms with Gasteiger partial charge in [0.05, 0.1) is 10.4 Å². The van der Waals surface area contributed by atoms with Crippen LogP contribution in [-0.4, -0.2) is 52.1 Å². The summed E-state index contributed by atoms with van der Waals surface area (Å²) in [7, 11) is 0. The first kappa shape index (κ1) is 22.5. The summed E-state index contributed by atoms with van der Waals surface area (Å²) < 4.78 is 0. The maximum atomic E-state index is 12.9. The fourth-order valence-corrected chi connectivity index (χ4v) is 4.48. The van der Waals surface area contributed by atoms with E-state index < -0.39 is 4.92 Å². The second-order valence-corrected chi connectivity index (χ2v) is 8.61. The molecule has 2 N–H and O–H groups in total. The highest BCUT2D eigenvalue weighted by molar-refractivity contribution is 6.05. The zero-order valence-electron chi connectivity index (χ0n) is 19.2. The van der Waals surface area contributed by atoms with Crippen molar-refractivity contribution in [3.63, 3.8) is 0 Å². The van der Waals surface area contributed by atoms with E-state index in [1.54, 1.807) is 6.07 Å². The summed E-state index contributed by atoms with van der Waals surface area (Å²) in [5, 5.41) is 21.3. The number of H-pyrrole nitrogens is 1. The van der Waals surface area contributed by atoms with Crippen LogP contribution in [0.4, 0.5) is 11.4 Å². The van der Waals surface area contributed by atoms with Crippen molar-refractivity contribution in [1.29, 1.82) is 0 Å². The maximum Gasteiger partial charge on any atom is 0.272 e. The van der Waals surface area contributed by atoms with Crippen molar-refractivity contribution in [3.05, 3.63) is 99.7 Å². The largest absolute Gasteiger partial charge is 0.369 e. The first-order valence-corrected chi connectivity index (χ1v) is 11.6. The van der Waals surface area contributed by atoms with E-state index >= 15 is 0 Å². The Bertz CT molecular complexity index is 1350. The maximum absolute atomic E-state index is 12.9. The fourth-order valence-electron chi connectivity index (χ4n) is 4.48. The summed E-state index contributed by atoms with van der Waals surface area (Å²) in [6.07, 6.45) is 0. The van der Waals surface area contributed by atoms with Gasteiger partial charge in [0.25, 0.3) is 11.6 Å². The van der Waals surface area contributed by atoms with Crippen LogP contribution in [0.25, 0.3) is 10.9 Å². The molecule has 35 heavy (non-hydrogen) atoms. The SMILES string of the molecule is O=C(NCc1ccccc1CN1CCN(c2ccccc2)CC1)c1n[nH]c2ccc([N+](=O)[O-])cc12. The Labute approximate surface area is 202 Å². The number of hydrogen-bond acceptors (Lipinski definition) is 6. The molecule has 9 heteroatoms. The zero-order chi connectivity index (χ0) is 24.2. The van der Waals surface area contributed by atoms with E-state index in [0.29, 0.717) is 17.4 Å². The molecule has 1 fully saturated rings. The Morgan fingerprint density at radius 3 is 2.43 bits per heavy atom. The molecule has 178 valence electrons. The predicted molar refractivity (Wildman–Crippen MR) is 134 cm³/mol. The van der Waals surface area contributed by atoms with Crippen LogP contribution in [-0.2, 0) is 13.1 Å². The number of carbonyl (C=O) groups excluding carboxylic acids is 1. The summed E-state index contributed by atoms with van der Waals surface area (Å²) in [6.45, 7) is 5.04. The molecule has 0 spiro atoms. The summed E-state index contributed by atoms with van der Waals surface area (Å²) in [5.74, 6) is -0.372. The first-order valence-electron chi connectivity index (χ1n) is 11.6. The summed E-state index contributed by atoms with van der Waals surface area (Å²) >= 11 is 0. The lowest BCUT2D eigenvalue weighted by Crippen LogP contribution is -2.46. The van der Waals surface area contributed by atoms with Gasteiger partial charge >= 0.3 is 0 Å². The van der Waals surface area contributed by atoms with E-state index in [2.05, 4.69) is 55.6 Å². The molecule has 1 aliphatic rings. The van der Waals surface area contributed by atoms with Crippen LogP contribution in [0.3, 0.4) is 0 Å². The van der Waals surface area contributed by atoms with Crippen LogP contribution >= 0.6 is 0 Å². The molecule has 9 nitrogen and oxygen atoms in total. The topological polar surface area (TPSA) is 107 Å². The number of hydrogen-bond donors (Lipinski definition) is 2. The van der Waals surface area contributed by atoms with Crippen molar-refractivity contribution in [1.82, 2.24) is 20.4 Å². The van der Waals surface area contributed by atoms with Crippen LogP contribution in [0.1, 0.15) is 21.6 Å². The minimum Gasteiger partial charge on any atom is -0.369 e. The summed E-state index contributed by atoms with van der Waals surface area (Å²) in [6, 6.07) is 22.9. The number of amides is 1. The quantitative estimate of drug-likeness (QED) is 0.315. The summed E-state index contributed by atoms with van der Waals surface area (Å²) in [4.78, 5) is 28.3. The summed E-state index contributed by atoms with van der Waals surface area (Å²) in [5.41, 5.74) is 4.12. The normalized spacial score (nSPS) is 14.2. The van der Waals surface area contributed by atoms with Crippen LogP contribution in [0, 0.1) is 10.1 Å². The third-order valence-electron chi connectivity index (χ3n) is 6.42. The van der Waals surface area contributed by atoms with Gasteiger partial charge in [-0.05, 0) is 29.3 Å². The van der Waals surface area contributed by atoms with Gasteiger partial charge in [0.1, 0.15) is 0 Å². The van der Waals surface area contributed by atoms with Gasteiger partial charge < -0.3 is 10.2 Å². The van der Waals surface area contributed by atoms with E-state index in [9.17, 15) is 14.9 Å². The number of aromatic nitrogens is 2. The van der Waals surface area contributed by atoms with Crippen molar-refractivity contribution in [2.75, 3.05) is 31.1 Å². The monoisotopic (exact) mass is 470 g/mol. The second kappa shape index (κ2) is 9.94. The number of nitro groups is 1. The minimum atomic E-state index is -0.482. The molecule has 1 aromatic heterocycles. The Balaban J connectivity index is 1.22. The number of nitrogens with zero attached hydrogens (tertiary/aromatic N) is 4. The number of aromatic amines is 1. The highest BCUT2D eigenvalue weighted by Gasteiger charge is 2.20. The number of rotatable bonds is 7. The van der Waals surface area contributed by atoms with Gasteiger partial charge in [-0.2, -0.15) is 5.10 Å². The number of piperazine rings is 1. The average molecular weight is 471 g/mol. The van der Waals surface area contributed by atoms with Gasteiger partial charge in [-0.3, -0.25) is 24.9 Å². The number of benzene rings is 3. The molecule has 1 saturated heterocycles. The molecule has 0 aliphatic carbocycles. The molecule has 2 heterocycles. The lowest BCUT2D eigenvalue weighted by Gasteiger charge is -2.36. The van der Waals surface area contributed by atoms with Crippen LogP contribution in [0.2, 0.25) is 0 Å². The van der Waals surface area contributed by atoms with Gasteiger partial charge in [0, 0.05) is 62.5 Å². The number of anilines is 1. The van der Waals surface area contributed by atoms with Crippen molar-refractivity contribution in [2.45, 2.75) is 13.1 Å². The first-order chi connectivity index (χ1) is 17.1. The van der Waals surface area contributed by atoms with Crippen molar-refractivity contribution in [2.24, 2.45) is 0 Å². The second-order valence-electron chi connectivity index (χ2n) is 8.61. The lowest BCUT2D eigenvalue weighted by molar-refractivity contribution is -0.384. The Morgan fingerprint density at radius 1 is 0.971 bits per heavy atom. The third kappa shape index (κ3) is 4.99. The van der Waals surface area contributed by atoms with Crippen molar-refractivity contribution >= 4 is 28.2 Å². The molecule has 4 aromatic rings. The highest BCUT2D eigenvalue weighted by atomic mass is 16.6. The van der Waals surface area contributed by atoms with Crippen molar-refractivity contribution in [3.8, 4) is 0 Å². The van der Waals surface area contributed by atoms with E-state index in [4.69, 9.17) is 0 Å². The smallest absolute Gasteiger partial charge is 0.272 e. The van der Waals surface area contributed by atoms with E-state index in [-0.39, 0.29) is 17.3 Å². The van der Waals surface area contributed by atoms with Gasteiger partial charge in [0.15, 0.2) is 5.69 Å². The van der Waals surface area contributed by atoms with Crippen LogP contribution in [0.5, 0.6) is 0 Å². The molecule has 5 rings (SSSR count). The third-order valence-corrected chi connectivity index (χ3v) is 6.42. The van der Waals surface area contributed by atoms with Gasteiger partial charge in [-0.1, -0.05) is 42.5 Å². The minimum absolute atomic E-state index is 0.0781. The van der Waals surface area contributed by atoms with Gasteiger partial charge in [-0.25, -0.2) is 0 Å². The number of non-ortho nitro benzene ring substituents is 1. The average Bonchev–Trinajstić information content (AvgIpc) is 3.32. The Hall–Kier alpha value is -4.24. The van der Waals surface area contributed by atoms with E-state index in [1.165, 1.54) is 23.4 Å². The van der Waals surface area contributed by atoms with E-state index in [0.717, 1.165) is 38.3 Å². The molecular weight excluding hydrogens is 444 g/mol. The molecule has 3 aromatic carbocycles. The molecule has 0 unspecified atom stereocenters. The number of nitro benzene ring substituents is 1. The number of nitrogens with one attached hydrogen (secondary N) is 2. The fraction of sp³-hybridized carbons (Fsp3) is 0.231. The molecule has 1 aliphatic heterocycles. The Morgan fingerprint density at radius 2 is 1.69 bits per heavy atom. The Kier molecular flexibility index (Phi) is 6.40. The zero-order valence-corrected chi connectivity index (χ0v) is 19.2. The van der Waals surface area contributed by atoms with Gasteiger partial charge in [-0.15, -0.1) is 0 Å². The van der Waals surface area contributed by atoms with E-state index in [1.807, 2.05) is 24.3 Å². The number of carbonyl (C=O) groups is 1. The van der Waals surface area contributed by atoms with Crippen molar-refractivity contribution < 1.29 is 9.72 Å². The standard InChI is InChI=1S/C26H26N6O3/c33-26(25-23-16-22(32(34)35)10-11-24(23)28-29-25)27-17-19-6-4-5-7-20(19)18-30-12-14-31(15-13-30)21-8-2-1-3-9-21/h1-11,16H,12-15,17-18H2,(H,27,33)(H,28,29). The molecule has 0 saturated carbocycles. The van der Waals surface area contributed by atoms with Crippen LogP contribution in [0.15, 0.2) is 72.8 Å². The molecular formula is C26H26N6O3.